The van der Waals surface area contributed by atoms with Gasteiger partial charge >= 0.3 is 0 Å². The highest BCUT2D eigenvalue weighted by atomic mass is 16.4. The minimum absolute atomic E-state index is 0.469. The van der Waals surface area contributed by atoms with Crippen LogP contribution in [0.1, 0.15) is 32.6 Å². The number of rotatable bonds is 0. The van der Waals surface area contributed by atoms with Gasteiger partial charge in [-0.3, -0.25) is 0 Å². The molecule has 0 bridgehead atoms. The molecule has 0 heterocycles. The highest BCUT2D eigenvalue weighted by molar-refractivity contribution is 4.94. The molecule has 78 valence electrons. The van der Waals surface area contributed by atoms with Crippen molar-refractivity contribution >= 4 is 0 Å². The second kappa shape index (κ2) is 3.92. The van der Waals surface area contributed by atoms with Gasteiger partial charge in [0, 0.05) is 0 Å². The van der Waals surface area contributed by atoms with E-state index in [-0.39, 0.29) is 0 Å². The first kappa shape index (κ1) is 10.9. The van der Waals surface area contributed by atoms with Gasteiger partial charge in [0.1, 0.15) is 11.7 Å². The summed E-state index contributed by atoms with van der Waals surface area (Å²) >= 11 is 0. The van der Waals surface area contributed by atoms with Crippen molar-refractivity contribution < 1.29 is 20.4 Å². The fraction of sp³-hybridized carbons (Fsp3) is 1.00. The summed E-state index contributed by atoms with van der Waals surface area (Å²) < 4.78 is 0. The molecule has 1 rings (SSSR count). The van der Waals surface area contributed by atoms with E-state index in [9.17, 15) is 20.4 Å². The van der Waals surface area contributed by atoms with Crippen LogP contribution in [0.2, 0.25) is 0 Å². The maximum atomic E-state index is 9.73. The highest BCUT2D eigenvalue weighted by Crippen LogP contribution is 2.26. The third-order valence-electron chi connectivity index (χ3n) is 2.87. The van der Waals surface area contributed by atoms with E-state index in [0.29, 0.717) is 12.8 Å². The van der Waals surface area contributed by atoms with E-state index in [1.807, 2.05) is 0 Å². The molecule has 4 nitrogen and oxygen atoms in total. The first-order valence-electron chi connectivity index (χ1n) is 4.73. The third kappa shape index (κ3) is 2.20. The predicted molar refractivity (Wildman–Crippen MR) is 47.1 cm³/mol. The number of hydrogen-bond donors (Lipinski definition) is 4. The SMILES string of the molecule is CC1(O)C(O)CCCCC(O)C1O. The van der Waals surface area contributed by atoms with Gasteiger partial charge < -0.3 is 20.4 Å². The molecule has 0 aromatic heterocycles. The summed E-state index contributed by atoms with van der Waals surface area (Å²) in [5.41, 5.74) is -1.60. The quantitative estimate of drug-likeness (QED) is 0.411. The van der Waals surface area contributed by atoms with Crippen molar-refractivity contribution in [3.8, 4) is 0 Å². The van der Waals surface area contributed by atoms with Crippen LogP contribution in [0, 0.1) is 0 Å². The van der Waals surface area contributed by atoms with Crippen molar-refractivity contribution in [1.29, 1.82) is 0 Å². The summed E-state index contributed by atoms with van der Waals surface area (Å²) in [6.45, 7) is 1.36. The Bertz CT molecular complexity index is 169. The molecule has 0 saturated heterocycles. The Balaban J connectivity index is 2.74. The first-order valence-corrected chi connectivity index (χ1v) is 4.73. The van der Waals surface area contributed by atoms with Crippen molar-refractivity contribution in [3.63, 3.8) is 0 Å². The van der Waals surface area contributed by atoms with E-state index in [1.54, 1.807) is 0 Å². The van der Waals surface area contributed by atoms with Crippen LogP contribution in [-0.4, -0.2) is 44.3 Å². The zero-order chi connectivity index (χ0) is 10.1. The standard InChI is InChI=1S/C9H18O4/c1-9(13)7(11)5-3-2-4-6(10)8(9)12/h6-8,10-13H,2-5H2,1H3. The minimum atomic E-state index is -1.60. The van der Waals surface area contributed by atoms with E-state index >= 15 is 0 Å². The molecule has 0 amide bonds. The Morgan fingerprint density at radius 3 is 2.23 bits per heavy atom. The third-order valence-corrected chi connectivity index (χ3v) is 2.87. The molecule has 1 fully saturated rings. The van der Waals surface area contributed by atoms with Crippen LogP contribution in [0.4, 0.5) is 0 Å². The lowest BCUT2D eigenvalue weighted by atomic mass is 9.82. The first-order chi connectivity index (χ1) is 5.96. The van der Waals surface area contributed by atoms with E-state index in [2.05, 4.69) is 0 Å². The van der Waals surface area contributed by atoms with Gasteiger partial charge in [0.2, 0.25) is 0 Å². The van der Waals surface area contributed by atoms with Crippen LogP contribution in [-0.2, 0) is 0 Å². The highest BCUT2D eigenvalue weighted by Gasteiger charge is 2.42. The van der Waals surface area contributed by atoms with Crippen molar-refractivity contribution in [2.24, 2.45) is 0 Å². The van der Waals surface area contributed by atoms with Crippen LogP contribution in [0.15, 0.2) is 0 Å². The zero-order valence-corrected chi connectivity index (χ0v) is 7.85. The van der Waals surface area contributed by atoms with Crippen LogP contribution in [0.5, 0.6) is 0 Å². The molecule has 4 heteroatoms. The normalized spacial score (nSPS) is 48.2. The average molecular weight is 190 g/mol. The molecule has 13 heavy (non-hydrogen) atoms. The van der Waals surface area contributed by atoms with Gasteiger partial charge in [0.15, 0.2) is 0 Å². The smallest absolute Gasteiger partial charge is 0.116 e. The second-order valence-electron chi connectivity index (χ2n) is 4.04. The van der Waals surface area contributed by atoms with Crippen molar-refractivity contribution in [2.45, 2.75) is 56.5 Å². The number of aliphatic hydroxyl groups excluding tert-OH is 3. The van der Waals surface area contributed by atoms with Gasteiger partial charge in [0.25, 0.3) is 0 Å². The average Bonchev–Trinajstić information content (AvgIpc) is 2.08. The Hall–Kier alpha value is -0.160. The van der Waals surface area contributed by atoms with E-state index in [1.165, 1.54) is 6.92 Å². The molecular weight excluding hydrogens is 172 g/mol. The Labute approximate surface area is 77.8 Å². The Kier molecular flexibility index (Phi) is 3.29. The molecule has 1 saturated carbocycles. The topological polar surface area (TPSA) is 80.9 Å². The lowest BCUT2D eigenvalue weighted by Gasteiger charge is -2.37. The predicted octanol–water partition coefficient (Wildman–Crippen LogP) is -0.606. The van der Waals surface area contributed by atoms with Crippen LogP contribution in [0.25, 0.3) is 0 Å². The lowest BCUT2D eigenvalue weighted by molar-refractivity contribution is -0.174. The number of hydrogen-bond acceptors (Lipinski definition) is 4. The van der Waals surface area contributed by atoms with Crippen molar-refractivity contribution in [2.75, 3.05) is 0 Å². The molecule has 4 N–H and O–H groups in total. The molecule has 4 unspecified atom stereocenters. The summed E-state index contributed by atoms with van der Waals surface area (Å²) in [5, 5.41) is 38.2. The maximum Gasteiger partial charge on any atom is 0.116 e. The molecular formula is C9H18O4. The maximum absolute atomic E-state index is 9.73. The fourth-order valence-electron chi connectivity index (χ4n) is 1.73. The van der Waals surface area contributed by atoms with E-state index < -0.39 is 23.9 Å². The second-order valence-corrected chi connectivity index (χ2v) is 4.04. The van der Waals surface area contributed by atoms with E-state index in [4.69, 9.17) is 0 Å². The fourth-order valence-corrected chi connectivity index (χ4v) is 1.73. The number of aliphatic hydroxyl groups is 4. The summed E-state index contributed by atoms with van der Waals surface area (Å²) in [6.07, 6.45) is -0.682. The van der Waals surface area contributed by atoms with Crippen LogP contribution < -0.4 is 0 Å². The Morgan fingerprint density at radius 1 is 1.08 bits per heavy atom. The summed E-state index contributed by atoms with van der Waals surface area (Å²) in [6, 6.07) is 0. The van der Waals surface area contributed by atoms with Crippen LogP contribution >= 0.6 is 0 Å². The van der Waals surface area contributed by atoms with Gasteiger partial charge in [-0.15, -0.1) is 0 Å². The van der Waals surface area contributed by atoms with Gasteiger partial charge in [-0.05, 0) is 19.8 Å². The lowest BCUT2D eigenvalue weighted by Crippen LogP contribution is -2.55. The molecule has 0 radical (unpaired) electrons. The largest absolute Gasteiger partial charge is 0.390 e. The summed E-state index contributed by atoms with van der Waals surface area (Å²) in [7, 11) is 0. The van der Waals surface area contributed by atoms with Crippen molar-refractivity contribution in [1.82, 2.24) is 0 Å². The Morgan fingerprint density at radius 2 is 1.62 bits per heavy atom. The molecule has 0 aliphatic heterocycles. The summed E-state index contributed by atoms with van der Waals surface area (Å²) in [4.78, 5) is 0. The van der Waals surface area contributed by atoms with Gasteiger partial charge in [0.05, 0.1) is 12.2 Å². The molecule has 1 aliphatic rings. The minimum Gasteiger partial charge on any atom is -0.390 e. The van der Waals surface area contributed by atoms with Gasteiger partial charge in [-0.1, -0.05) is 12.8 Å². The monoisotopic (exact) mass is 190 g/mol. The molecule has 0 aromatic rings. The van der Waals surface area contributed by atoms with E-state index in [0.717, 1.165) is 12.8 Å². The van der Waals surface area contributed by atoms with Gasteiger partial charge in [-0.2, -0.15) is 0 Å². The zero-order valence-electron chi connectivity index (χ0n) is 7.85. The molecule has 4 atom stereocenters. The van der Waals surface area contributed by atoms with Crippen molar-refractivity contribution in [3.05, 3.63) is 0 Å². The molecule has 0 spiro atoms. The van der Waals surface area contributed by atoms with Gasteiger partial charge in [-0.25, -0.2) is 0 Å². The summed E-state index contributed by atoms with van der Waals surface area (Å²) in [5.74, 6) is 0. The van der Waals surface area contributed by atoms with Crippen LogP contribution in [0.3, 0.4) is 0 Å². The molecule has 0 aromatic carbocycles. The molecule has 1 aliphatic carbocycles.